The van der Waals surface area contributed by atoms with Gasteiger partial charge in [0, 0.05) is 0 Å². The van der Waals surface area contributed by atoms with Gasteiger partial charge in [-0.25, -0.2) is 14.4 Å². The molecule has 0 saturated heterocycles. The Kier molecular flexibility index (Phi) is 1.47. The molecule has 0 fully saturated rings. The van der Waals surface area contributed by atoms with Crippen LogP contribution in [0.1, 0.15) is 0 Å². The Morgan fingerprint density at radius 2 is 2.38 bits per heavy atom. The van der Waals surface area contributed by atoms with Crippen LogP contribution in [0.5, 0.6) is 0 Å². The van der Waals surface area contributed by atoms with Crippen molar-refractivity contribution in [3.8, 4) is 6.19 Å². The summed E-state index contributed by atoms with van der Waals surface area (Å²) in [6, 6.07) is 5.07. The molecule has 4 heteroatoms. The van der Waals surface area contributed by atoms with Crippen molar-refractivity contribution in [1.29, 1.82) is 5.26 Å². The highest BCUT2D eigenvalue weighted by atomic mass is 15.0. The van der Waals surface area contributed by atoms with E-state index in [-0.39, 0.29) is 0 Å². The van der Waals surface area contributed by atoms with Crippen molar-refractivity contribution >= 4 is 16.7 Å². The lowest BCUT2D eigenvalue weighted by Crippen LogP contribution is -1.82. The number of imidazole rings is 1. The maximum absolute atomic E-state index is 8.68. The van der Waals surface area contributed by atoms with Gasteiger partial charge >= 0.3 is 0 Å². The third-order valence-electron chi connectivity index (χ3n) is 1.77. The van der Waals surface area contributed by atoms with Crippen LogP contribution in [0, 0.1) is 18.0 Å². The highest BCUT2D eigenvalue weighted by molar-refractivity contribution is 5.80. The summed E-state index contributed by atoms with van der Waals surface area (Å²) in [6.45, 7) is 6.81. The van der Waals surface area contributed by atoms with Crippen LogP contribution in [0.4, 0.5) is 5.69 Å². The Morgan fingerprint density at radius 3 is 3.08 bits per heavy atom. The molecule has 60 valence electrons. The van der Waals surface area contributed by atoms with Gasteiger partial charge in [-0.15, -0.1) is 0 Å². The molecule has 1 aromatic heterocycles. The molecule has 0 atom stereocenters. The second-order valence-corrected chi connectivity index (χ2v) is 2.50. The molecule has 0 N–H and O–H groups in total. The fraction of sp³-hybridized carbons (Fsp3) is 0. The molecule has 0 saturated carbocycles. The molecule has 0 radical (unpaired) electrons. The Labute approximate surface area is 74.5 Å². The topological polar surface area (TPSA) is 46.0 Å². The van der Waals surface area contributed by atoms with Crippen LogP contribution in [0.25, 0.3) is 15.9 Å². The smallest absolute Gasteiger partial charge is 0.190 e. The van der Waals surface area contributed by atoms with E-state index in [4.69, 9.17) is 11.8 Å². The van der Waals surface area contributed by atoms with Gasteiger partial charge in [-0.2, -0.15) is 5.26 Å². The lowest BCUT2D eigenvalue weighted by molar-refractivity contribution is 1.11. The van der Waals surface area contributed by atoms with E-state index >= 15 is 0 Å². The number of nitriles is 1. The fourth-order valence-corrected chi connectivity index (χ4v) is 1.15. The molecule has 0 aliphatic heterocycles. The van der Waals surface area contributed by atoms with Crippen LogP contribution in [-0.2, 0) is 0 Å². The highest BCUT2D eigenvalue weighted by Gasteiger charge is 2.01. The standard InChI is InChI=1S/C9H4N4/c1-11-7-2-3-8-9(4-7)13(5-10)6-12-8/h2-4,6H. The predicted molar refractivity (Wildman–Crippen MR) is 47.0 cm³/mol. The van der Waals surface area contributed by atoms with Gasteiger partial charge in [-0.1, -0.05) is 6.07 Å². The van der Waals surface area contributed by atoms with Gasteiger partial charge in [0.25, 0.3) is 0 Å². The third-order valence-corrected chi connectivity index (χ3v) is 1.77. The monoisotopic (exact) mass is 168 g/mol. The van der Waals surface area contributed by atoms with Crippen LogP contribution >= 0.6 is 0 Å². The number of aromatic nitrogens is 2. The number of benzene rings is 1. The Morgan fingerprint density at radius 1 is 1.54 bits per heavy atom. The minimum Gasteiger partial charge on any atom is -0.238 e. The van der Waals surface area contributed by atoms with E-state index in [1.54, 1.807) is 18.2 Å². The average molecular weight is 168 g/mol. The van der Waals surface area contributed by atoms with Crippen molar-refractivity contribution in [1.82, 2.24) is 9.55 Å². The van der Waals surface area contributed by atoms with Crippen molar-refractivity contribution in [3.63, 3.8) is 0 Å². The maximum Gasteiger partial charge on any atom is 0.190 e. The molecule has 1 heterocycles. The molecule has 0 bridgehead atoms. The van der Waals surface area contributed by atoms with Crippen molar-refractivity contribution in [2.45, 2.75) is 0 Å². The van der Waals surface area contributed by atoms with Gasteiger partial charge in [0.1, 0.15) is 6.33 Å². The molecule has 0 spiro atoms. The first-order chi connectivity index (χ1) is 6.35. The Balaban J connectivity index is 2.83. The highest BCUT2D eigenvalue weighted by Crippen LogP contribution is 2.19. The molecule has 1 aromatic carbocycles. The van der Waals surface area contributed by atoms with Crippen LogP contribution in [-0.4, -0.2) is 9.55 Å². The lowest BCUT2D eigenvalue weighted by Gasteiger charge is -1.91. The van der Waals surface area contributed by atoms with Crippen LogP contribution < -0.4 is 0 Å². The van der Waals surface area contributed by atoms with E-state index in [0.717, 1.165) is 5.52 Å². The molecule has 4 nitrogen and oxygen atoms in total. The largest absolute Gasteiger partial charge is 0.238 e. The molecule has 13 heavy (non-hydrogen) atoms. The second kappa shape index (κ2) is 2.62. The molecule has 0 aliphatic carbocycles. The summed E-state index contributed by atoms with van der Waals surface area (Å²) in [5, 5.41) is 8.68. The number of fused-ring (bicyclic) bond motifs is 1. The van der Waals surface area contributed by atoms with Gasteiger partial charge in [-0.05, 0) is 12.1 Å². The van der Waals surface area contributed by atoms with Gasteiger partial charge in [-0.3, -0.25) is 0 Å². The van der Waals surface area contributed by atoms with Crippen LogP contribution in [0.15, 0.2) is 24.5 Å². The molecular weight excluding hydrogens is 164 g/mol. The van der Waals surface area contributed by atoms with Crippen LogP contribution in [0.2, 0.25) is 0 Å². The molecule has 0 amide bonds. The van der Waals surface area contributed by atoms with Crippen molar-refractivity contribution in [2.75, 3.05) is 0 Å². The summed E-state index contributed by atoms with van der Waals surface area (Å²) in [6.07, 6.45) is 3.40. The van der Waals surface area contributed by atoms with E-state index in [1.807, 2.05) is 6.19 Å². The van der Waals surface area contributed by atoms with Crippen molar-refractivity contribution < 1.29 is 0 Å². The Hall–Kier alpha value is -2.33. The Bertz CT molecular complexity index is 539. The number of rotatable bonds is 0. The minimum atomic E-state index is 0.518. The molecular formula is C9H4N4. The van der Waals surface area contributed by atoms with Gasteiger partial charge in [0.05, 0.1) is 17.6 Å². The predicted octanol–water partition coefficient (Wildman–Crippen LogP) is 1.92. The van der Waals surface area contributed by atoms with E-state index in [2.05, 4.69) is 9.83 Å². The van der Waals surface area contributed by atoms with Gasteiger partial charge in [0.2, 0.25) is 0 Å². The summed E-state index contributed by atoms with van der Waals surface area (Å²) >= 11 is 0. The summed E-state index contributed by atoms with van der Waals surface area (Å²) in [4.78, 5) is 7.28. The van der Waals surface area contributed by atoms with Crippen molar-refractivity contribution in [3.05, 3.63) is 35.9 Å². The fourth-order valence-electron chi connectivity index (χ4n) is 1.15. The number of hydrogen-bond acceptors (Lipinski definition) is 2. The summed E-state index contributed by atoms with van der Waals surface area (Å²) in [5.41, 5.74) is 1.93. The van der Waals surface area contributed by atoms with E-state index in [1.165, 1.54) is 10.9 Å². The molecule has 0 unspecified atom stereocenters. The second-order valence-electron chi connectivity index (χ2n) is 2.50. The summed E-state index contributed by atoms with van der Waals surface area (Å²) < 4.78 is 1.34. The first-order valence-corrected chi connectivity index (χ1v) is 3.60. The zero-order chi connectivity index (χ0) is 9.26. The van der Waals surface area contributed by atoms with E-state index in [0.29, 0.717) is 11.2 Å². The summed E-state index contributed by atoms with van der Waals surface area (Å²) in [7, 11) is 0. The quantitative estimate of drug-likeness (QED) is 0.564. The molecule has 0 aliphatic rings. The lowest BCUT2D eigenvalue weighted by atomic mass is 10.3. The zero-order valence-corrected chi connectivity index (χ0v) is 6.60. The minimum absolute atomic E-state index is 0.518. The zero-order valence-electron chi connectivity index (χ0n) is 6.60. The van der Waals surface area contributed by atoms with E-state index in [9.17, 15) is 0 Å². The van der Waals surface area contributed by atoms with Crippen molar-refractivity contribution in [2.24, 2.45) is 0 Å². The summed E-state index contributed by atoms with van der Waals surface area (Å²) in [5.74, 6) is 0. The average Bonchev–Trinajstić information content (AvgIpc) is 2.59. The van der Waals surface area contributed by atoms with Gasteiger partial charge in [0.15, 0.2) is 11.9 Å². The molecule has 2 aromatic rings. The number of nitrogens with zero attached hydrogens (tertiary/aromatic N) is 4. The SMILES string of the molecule is [C-]#[N+]c1ccc2ncn(C#N)c2c1. The molecule has 2 rings (SSSR count). The third kappa shape index (κ3) is 1.02. The van der Waals surface area contributed by atoms with Crippen LogP contribution in [0.3, 0.4) is 0 Å². The first kappa shape index (κ1) is 7.33. The normalized spacial score (nSPS) is 9.38. The van der Waals surface area contributed by atoms with Gasteiger partial charge < -0.3 is 0 Å². The maximum atomic E-state index is 8.68. The first-order valence-electron chi connectivity index (χ1n) is 3.60. The van der Waals surface area contributed by atoms with E-state index < -0.39 is 0 Å². The number of hydrogen-bond donors (Lipinski definition) is 0.